The van der Waals surface area contributed by atoms with Crippen molar-refractivity contribution in [2.45, 2.75) is 38.1 Å². The average Bonchev–Trinajstić information content (AvgIpc) is 3.05. The Bertz CT molecular complexity index is 683. The zero-order valence-electron chi connectivity index (χ0n) is 12.8. The molecule has 0 aromatic heterocycles. The number of nitrogens with zero attached hydrogens (tertiary/aromatic N) is 1. The molecule has 1 heterocycles. The van der Waals surface area contributed by atoms with Crippen molar-refractivity contribution < 1.29 is 14.4 Å². The van der Waals surface area contributed by atoms with Crippen LogP contribution < -0.4 is 10.6 Å². The van der Waals surface area contributed by atoms with E-state index in [1.807, 2.05) is 6.92 Å². The lowest BCUT2D eigenvalue weighted by Gasteiger charge is -2.20. The molecule has 1 aliphatic heterocycles. The van der Waals surface area contributed by atoms with Crippen LogP contribution in [0.25, 0.3) is 0 Å². The first-order valence-corrected chi connectivity index (χ1v) is 7.99. The normalized spacial score (nSPS) is 19.3. The van der Waals surface area contributed by atoms with Crippen LogP contribution in [-0.4, -0.2) is 34.8 Å². The lowest BCUT2D eigenvalue weighted by atomic mass is 9.98. The van der Waals surface area contributed by atoms with Gasteiger partial charge in [-0.1, -0.05) is 30.5 Å². The molecule has 2 fully saturated rings. The number of rotatable bonds is 3. The Kier molecular flexibility index (Phi) is 4.02. The number of imide groups is 1. The van der Waals surface area contributed by atoms with Gasteiger partial charge in [0.05, 0.1) is 0 Å². The van der Waals surface area contributed by atoms with Crippen LogP contribution in [0.15, 0.2) is 18.2 Å². The van der Waals surface area contributed by atoms with Crippen LogP contribution in [0.4, 0.5) is 10.5 Å². The van der Waals surface area contributed by atoms with Crippen LogP contribution in [0.5, 0.6) is 0 Å². The number of halogens is 1. The molecule has 0 atom stereocenters. The fourth-order valence-electron chi connectivity index (χ4n) is 3.20. The van der Waals surface area contributed by atoms with Crippen LogP contribution in [0.2, 0.25) is 5.02 Å². The predicted molar refractivity (Wildman–Crippen MR) is 86.3 cm³/mol. The van der Waals surface area contributed by atoms with E-state index in [9.17, 15) is 14.4 Å². The van der Waals surface area contributed by atoms with Crippen LogP contribution in [-0.2, 0) is 9.59 Å². The highest BCUT2D eigenvalue weighted by Crippen LogP contribution is 2.34. The van der Waals surface area contributed by atoms with Crippen molar-refractivity contribution in [3.05, 3.63) is 28.8 Å². The van der Waals surface area contributed by atoms with E-state index in [2.05, 4.69) is 10.6 Å². The highest BCUT2D eigenvalue weighted by Gasteiger charge is 2.52. The molecule has 0 bridgehead atoms. The van der Waals surface area contributed by atoms with Gasteiger partial charge in [0.15, 0.2) is 0 Å². The second-order valence-corrected chi connectivity index (χ2v) is 6.55. The Morgan fingerprint density at radius 1 is 1.35 bits per heavy atom. The van der Waals surface area contributed by atoms with Gasteiger partial charge in [0.25, 0.3) is 5.91 Å². The van der Waals surface area contributed by atoms with Crippen molar-refractivity contribution in [2.24, 2.45) is 0 Å². The molecule has 1 aromatic rings. The smallest absolute Gasteiger partial charge is 0.324 e. The van der Waals surface area contributed by atoms with Gasteiger partial charge in [-0.25, -0.2) is 4.79 Å². The molecule has 1 spiro atoms. The van der Waals surface area contributed by atoms with Gasteiger partial charge >= 0.3 is 6.03 Å². The van der Waals surface area contributed by atoms with Crippen molar-refractivity contribution in [1.29, 1.82) is 0 Å². The Morgan fingerprint density at radius 2 is 2.04 bits per heavy atom. The van der Waals surface area contributed by atoms with Gasteiger partial charge in [-0.2, -0.15) is 0 Å². The Morgan fingerprint density at radius 3 is 2.74 bits per heavy atom. The molecular formula is C16H18ClN3O3. The third-order valence-corrected chi connectivity index (χ3v) is 4.71. The van der Waals surface area contributed by atoms with Crippen LogP contribution in [0.3, 0.4) is 0 Å². The van der Waals surface area contributed by atoms with E-state index in [0.717, 1.165) is 23.3 Å². The van der Waals surface area contributed by atoms with Crippen molar-refractivity contribution >= 4 is 35.1 Å². The number of aryl methyl sites for hydroxylation is 1. The molecule has 1 aromatic carbocycles. The minimum Gasteiger partial charge on any atom is -0.324 e. The van der Waals surface area contributed by atoms with E-state index < -0.39 is 17.5 Å². The van der Waals surface area contributed by atoms with Gasteiger partial charge in [0.2, 0.25) is 5.91 Å². The van der Waals surface area contributed by atoms with E-state index in [4.69, 9.17) is 11.6 Å². The van der Waals surface area contributed by atoms with Gasteiger partial charge in [-0.05, 0) is 37.5 Å². The zero-order chi connectivity index (χ0) is 16.6. The van der Waals surface area contributed by atoms with Crippen molar-refractivity contribution in [2.75, 3.05) is 11.9 Å². The number of nitrogens with one attached hydrogen (secondary N) is 2. The number of benzene rings is 1. The maximum atomic E-state index is 12.5. The van der Waals surface area contributed by atoms with E-state index in [0.29, 0.717) is 23.6 Å². The second kappa shape index (κ2) is 5.85. The lowest BCUT2D eigenvalue weighted by Crippen LogP contribution is -2.44. The quantitative estimate of drug-likeness (QED) is 0.833. The molecule has 2 aliphatic rings. The molecule has 4 amide bonds. The standard InChI is InChI=1S/C16H18ClN3O3/c1-10-4-5-11(17)8-12(10)18-13(21)9-20-14(22)16(19-15(20)23)6-2-3-7-16/h4-5,8H,2-3,6-7,9H2,1H3,(H,18,21)(H,19,23). The number of carbonyl (C=O) groups is 3. The van der Waals surface area contributed by atoms with E-state index in [-0.39, 0.29) is 12.5 Å². The summed E-state index contributed by atoms with van der Waals surface area (Å²) < 4.78 is 0. The minimum absolute atomic E-state index is 0.293. The summed E-state index contributed by atoms with van der Waals surface area (Å²) in [7, 11) is 0. The summed E-state index contributed by atoms with van der Waals surface area (Å²) in [5, 5.41) is 5.96. The fraction of sp³-hybridized carbons (Fsp3) is 0.438. The molecule has 7 heteroatoms. The summed E-state index contributed by atoms with van der Waals surface area (Å²) in [6.45, 7) is 1.55. The summed E-state index contributed by atoms with van der Waals surface area (Å²) in [5.74, 6) is -0.716. The van der Waals surface area contributed by atoms with Crippen LogP contribution in [0.1, 0.15) is 31.2 Å². The maximum Gasteiger partial charge on any atom is 0.325 e. The van der Waals surface area contributed by atoms with Gasteiger partial charge in [-0.3, -0.25) is 14.5 Å². The largest absolute Gasteiger partial charge is 0.325 e. The van der Waals surface area contributed by atoms with Gasteiger partial charge in [0, 0.05) is 10.7 Å². The fourth-order valence-corrected chi connectivity index (χ4v) is 3.37. The van der Waals surface area contributed by atoms with Crippen molar-refractivity contribution in [1.82, 2.24) is 10.2 Å². The topological polar surface area (TPSA) is 78.5 Å². The summed E-state index contributed by atoms with van der Waals surface area (Å²) in [6, 6.07) is 4.67. The number of urea groups is 1. The van der Waals surface area contributed by atoms with Crippen molar-refractivity contribution in [3.63, 3.8) is 0 Å². The molecule has 1 saturated heterocycles. The number of anilines is 1. The summed E-state index contributed by atoms with van der Waals surface area (Å²) in [6.07, 6.45) is 3.10. The van der Waals surface area contributed by atoms with Gasteiger partial charge in [0.1, 0.15) is 12.1 Å². The van der Waals surface area contributed by atoms with E-state index in [1.165, 1.54) is 0 Å². The first-order valence-electron chi connectivity index (χ1n) is 7.61. The molecule has 1 saturated carbocycles. The molecule has 2 N–H and O–H groups in total. The molecule has 23 heavy (non-hydrogen) atoms. The van der Waals surface area contributed by atoms with E-state index in [1.54, 1.807) is 18.2 Å². The monoisotopic (exact) mass is 335 g/mol. The summed E-state index contributed by atoms with van der Waals surface area (Å²) >= 11 is 5.92. The number of amides is 4. The van der Waals surface area contributed by atoms with Gasteiger partial charge < -0.3 is 10.6 Å². The van der Waals surface area contributed by atoms with Crippen LogP contribution in [0, 0.1) is 6.92 Å². The van der Waals surface area contributed by atoms with Crippen molar-refractivity contribution in [3.8, 4) is 0 Å². The Balaban J connectivity index is 1.69. The number of carbonyl (C=O) groups excluding carboxylic acids is 3. The lowest BCUT2D eigenvalue weighted by molar-refractivity contribution is -0.133. The SMILES string of the molecule is Cc1ccc(Cl)cc1NC(=O)CN1C(=O)NC2(CCCC2)C1=O. The molecule has 0 radical (unpaired) electrons. The molecular weight excluding hydrogens is 318 g/mol. The third-order valence-electron chi connectivity index (χ3n) is 4.48. The highest BCUT2D eigenvalue weighted by molar-refractivity contribution is 6.31. The summed E-state index contributed by atoms with van der Waals surface area (Å²) in [4.78, 5) is 37.7. The number of hydrogen-bond donors (Lipinski definition) is 2. The maximum absolute atomic E-state index is 12.5. The number of hydrogen-bond acceptors (Lipinski definition) is 3. The second-order valence-electron chi connectivity index (χ2n) is 6.12. The molecule has 3 rings (SSSR count). The van der Waals surface area contributed by atoms with Crippen LogP contribution >= 0.6 is 11.6 Å². The molecule has 122 valence electrons. The predicted octanol–water partition coefficient (Wildman–Crippen LogP) is 2.45. The first kappa shape index (κ1) is 15.8. The molecule has 1 aliphatic carbocycles. The average molecular weight is 336 g/mol. The Labute approximate surface area is 139 Å². The van der Waals surface area contributed by atoms with E-state index >= 15 is 0 Å². The molecule has 0 unspecified atom stereocenters. The Hall–Kier alpha value is -2.08. The molecule has 6 nitrogen and oxygen atoms in total. The zero-order valence-corrected chi connectivity index (χ0v) is 13.6. The summed E-state index contributed by atoms with van der Waals surface area (Å²) in [5.41, 5.74) is 0.640. The first-order chi connectivity index (χ1) is 10.9. The van der Waals surface area contributed by atoms with Gasteiger partial charge in [-0.15, -0.1) is 0 Å². The minimum atomic E-state index is -0.788. The third kappa shape index (κ3) is 2.91. The highest BCUT2D eigenvalue weighted by atomic mass is 35.5.